The van der Waals surface area contributed by atoms with E-state index in [0.717, 1.165) is 49.5 Å². The minimum atomic E-state index is -0.0846. The second kappa shape index (κ2) is 7.44. The molecule has 1 fully saturated rings. The highest BCUT2D eigenvalue weighted by atomic mass is 35.5. The van der Waals surface area contributed by atoms with Crippen molar-refractivity contribution in [3.63, 3.8) is 0 Å². The van der Waals surface area contributed by atoms with Crippen LogP contribution in [-0.2, 0) is 12.0 Å². The standard InChI is InChI=1S/C19H27ClN4O/c1-14(17-21-18(22-25-17)19(2,3)4)24-11-9-23(10-12-24)13-15-5-7-16(20)8-6-15/h5-8,14H,9-13H2,1-4H3. The van der Waals surface area contributed by atoms with Crippen LogP contribution in [0.4, 0.5) is 0 Å². The zero-order chi connectivity index (χ0) is 18.0. The zero-order valence-electron chi connectivity index (χ0n) is 15.5. The van der Waals surface area contributed by atoms with Crippen LogP contribution in [0.25, 0.3) is 0 Å². The van der Waals surface area contributed by atoms with Crippen molar-refractivity contribution in [2.75, 3.05) is 26.2 Å². The van der Waals surface area contributed by atoms with E-state index in [1.807, 2.05) is 12.1 Å². The number of rotatable bonds is 4. The third kappa shape index (κ3) is 4.60. The normalized spacial score (nSPS) is 18.4. The van der Waals surface area contributed by atoms with Gasteiger partial charge in [-0.05, 0) is 24.6 Å². The van der Waals surface area contributed by atoms with Gasteiger partial charge in [0.25, 0.3) is 0 Å². The number of aromatic nitrogens is 2. The molecule has 1 unspecified atom stereocenters. The van der Waals surface area contributed by atoms with E-state index in [4.69, 9.17) is 16.1 Å². The van der Waals surface area contributed by atoms with Gasteiger partial charge in [0.1, 0.15) is 0 Å². The van der Waals surface area contributed by atoms with Crippen molar-refractivity contribution in [1.29, 1.82) is 0 Å². The third-order valence-electron chi connectivity index (χ3n) is 4.74. The van der Waals surface area contributed by atoms with E-state index in [-0.39, 0.29) is 11.5 Å². The Kier molecular flexibility index (Phi) is 5.46. The van der Waals surface area contributed by atoms with Crippen molar-refractivity contribution < 1.29 is 4.52 Å². The van der Waals surface area contributed by atoms with Crippen LogP contribution in [0.2, 0.25) is 5.02 Å². The molecule has 0 spiro atoms. The van der Waals surface area contributed by atoms with E-state index >= 15 is 0 Å². The van der Waals surface area contributed by atoms with E-state index in [0.29, 0.717) is 0 Å². The minimum Gasteiger partial charge on any atom is -0.338 e. The fourth-order valence-electron chi connectivity index (χ4n) is 3.02. The van der Waals surface area contributed by atoms with Gasteiger partial charge in [-0.25, -0.2) is 0 Å². The van der Waals surface area contributed by atoms with E-state index < -0.39 is 0 Å². The van der Waals surface area contributed by atoms with E-state index in [1.165, 1.54) is 5.56 Å². The van der Waals surface area contributed by atoms with Crippen LogP contribution in [0.1, 0.15) is 51.0 Å². The summed E-state index contributed by atoms with van der Waals surface area (Å²) in [5.74, 6) is 1.49. The SMILES string of the molecule is CC(c1nc(C(C)(C)C)no1)N1CCN(Cc2ccc(Cl)cc2)CC1. The molecular weight excluding hydrogens is 336 g/mol. The van der Waals surface area contributed by atoms with Gasteiger partial charge in [0.2, 0.25) is 5.89 Å². The van der Waals surface area contributed by atoms with Gasteiger partial charge in [-0.15, -0.1) is 0 Å². The Morgan fingerprint density at radius 3 is 2.32 bits per heavy atom. The van der Waals surface area contributed by atoms with Gasteiger partial charge in [0, 0.05) is 43.2 Å². The molecule has 136 valence electrons. The van der Waals surface area contributed by atoms with Crippen molar-refractivity contribution in [3.05, 3.63) is 46.6 Å². The van der Waals surface area contributed by atoms with E-state index in [2.05, 4.69) is 59.8 Å². The highest BCUT2D eigenvalue weighted by Crippen LogP contribution is 2.24. The fraction of sp³-hybridized carbons (Fsp3) is 0.579. The van der Waals surface area contributed by atoms with Crippen molar-refractivity contribution in [1.82, 2.24) is 19.9 Å². The maximum absolute atomic E-state index is 5.96. The summed E-state index contributed by atoms with van der Waals surface area (Å²) in [6, 6.07) is 8.27. The number of hydrogen-bond acceptors (Lipinski definition) is 5. The first-order valence-corrected chi connectivity index (χ1v) is 9.25. The molecule has 2 aromatic rings. The van der Waals surface area contributed by atoms with Crippen LogP contribution >= 0.6 is 11.6 Å². The summed E-state index contributed by atoms with van der Waals surface area (Å²) in [6.45, 7) is 13.5. The molecule has 2 heterocycles. The summed E-state index contributed by atoms with van der Waals surface area (Å²) >= 11 is 5.96. The zero-order valence-corrected chi connectivity index (χ0v) is 16.3. The second-order valence-electron chi connectivity index (χ2n) is 7.82. The van der Waals surface area contributed by atoms with Crippen molar-refractivity contribution in [3.8, 4) is 0 Å². The van der Waals surface area contributed by atoms with Crippen LogP contribution < -0.4 is 0 Å². The lowest BCUT2D eigenvalue weighted by atomic mass is 9.96. The average molecular weight is 363 g/mol. The number of piperazine rings is 1. The van der Waals surface area contributed by atoms with Gasteiger partial charge in [-0.1, -0.05) is 49.7 Å². The monoisotopic (exact) mass is 362 g/mol. The summed E-state index contributed by atoms with van der Waals surface area (Å²) < 4.78 is 5.51. The molecule has 6 heteroatoms. The first-order chi connectivity index (χ1) is 11.8. The lowest BCUT2D eigenvalue weighted by Gasteiger charge is -2.36. The molecule has 0 amide bonds. The molecule has 1 aliphatic heterocycles. The Bertz CT molecular complexity index is 684. The van der Waals surface area contributed by atoms with Gasteiger partial charge in [0.05, 0.1) is 6.04 Å². The number of hydrogen-bond donors (Lipinski definition) is 0. The quantitative estimate of drug-likeness (QED) is 0.825. The van der Waals surface area contributed by atoms with Gasteiger partial charge >= 0.3 is 0 Å². The van der Waals surface area contributed by atoms with E-state index in [1.54, 1.807) is 0 Å². The molecule has 0 aliphatic carbocycles. The van der Waals surface area contributed by atoms with Gasteiger partial charge in [0.15, 0.2) is 5.82 Å². The molecule has 1 aliphatic rings. The molecule has 25 heavy (non-hydrogen) atoms. The molecular formula is C19H27ClN4O. The number of halogens is 1. The fourth-order valence-corrected chi connectivity index (χ4v) is 3.15. The van der Waals surface area contributed by atoms with Crippen LogP contribution in [0, 0.1) is 0 Å². The minimum absolute atomic E-state index is 0.0846. The molecule has 5 nitrogen and oxygen atoms in total. The summed E-state index contributed by atoms with van der Waals surface area (Å²) in [4.78, 5) is 9.49. The molecule has 1 saturated heterocycles. The highest BCUT2D eigenvalue weighted by molar-refractivity contribution is 6.30. The average Bonchev–Trinajstić information content (AvgIpc) is 3.07. The molecule has 3 rings (SSSR count). The first-order valence-electron chi connectivity index (χ1n) is 8.88. The Morgan fingerprint density at radius 2 is 1.76 bits per heavy atom. The van der Waals surface area contributed by atoms with Gasteiger partial charge in [-0.3, -0.25) is 9.80 Å². The smallest absolute Gasteiger partial charge is 0.243 e. The van der Waals surface area contributed by atoms with E-state index in [9.17, 15) is 0 Å². The topological polar surface area (TPSA) is 45.4 Å². The second-order valence-corrected chi connectivity index (χ2v) is 8.26. The first kappa shape index (κ1) is 18.4. The Labute approximate surface area is 155 Å². The molecule has 1 aromatic heterocycles. The number of nitrogens with zero attached hydrogens (tertiary/aromatic N) is 4. The lowest BCUT2D eigenvalue weighted by Crippen LogP contribution is -2.46. The molecule has 1 atom stereocenters. The molecule has 1 aromatic carbocycles. The Hall–Kier alpha value is -1.43. The summed E-state index contributed by atoms with van der Waals surface area (Å²) in [5, 5.41) is 4.94. The predicted molar refractivity (Wildman–Crippen MR) is 99.7 cm³/mol. The van der Waals surface area contributed by atoms with Crippen LogP contribution in [0.3, 0.4) is 0 Å². The number of benzene rings is 1. The summed E-state index contributed by atoms with van der Waals surface area (Å²) in [5.41, 5.74) is 1.22. The van der Waals surface area contributed by atoms with Crippen LogP contribution in [-0.4, -0.2) is 46.1 Å². The highest BCUT2D eigenvalue weighted by Gasteiger charge is 2.28. The van der Waals surface area contributed by atoms with Crippen molar-refractivity contribution in [2.24, 2.45) is 0 Å². The molecule has 0 radical (unpaired) electrons. The molecule has 0 saturated carbocycles. The Morgan fingerprint density at radius 1 is 1.12 bits per heavy atom. The predicted octanol–water partition coefficient (Wildman–Crippen LogP) is 3.90. The molecule has 0 N–H and O–H groups in total. The largest absolute Gasteiger partial charge is 0.338 e. The lowest BCUT2D eigenvalue weighted by molar-refractivity contribution is 0.0845. The summed E-state index contributed by atoms with van der Waals surface area (Å²) in [7, 11) is 0. The maximum Gasteiger partial charge on any atom is 0.243 e. The van der Waals surface area contributed by atoms with Crippen LogP contribution in [0.5, 0.6) is 0 Å². The third-order valence-corrected chi connectivity index (χ3v) is 5.00. The molecule has 0 bridgehead atoms. The van der Waals surface area contributed by atoms with Crippen molar-refractivity contribution >= 4 is 11.6 Å². The van der Waals surface area contributed by atoms with Crippen molar-refractivity contribution in [2.45, 2.75) is 45.7 Å². The van der Waals surface area contributed by atoms with Crippen LogP contribution in [0.15, 0.2) is 28.8 Å². The Balaban J connectivity index is 1.54. The van der Waals surface area contributed by atoms with Gasteiger partial charge < -0.3 is 4.52 Å². The van der Waals surface area contributed by atoms with Gasteiger partial charge in [-0.2, -0.15) is 4.98 Å². The maximum atomic E-state index is 5.96. The summed E-state index contributed by atoms with van der Waals surface area (Å²) in [6.07, 6.45) is 0.